The maximum Gasteiger partial charge on any atom is 0.233 e. The van der Waals surface area contributed by atoms with E-state index in [4.69, 9.17) is 14.0 Å². The van der Waals surface area contributed by atoms with Gasteiger partial charge >= 0.3 is 0 Å². The standard InChI is InChI=1S/C23H29N3O4/c1-28-19-6-4-18(5-7-19)23(10-11-23)22(27)26-12-8-17(14-26)21-24-20(25-30-21)9-13-29-15-16-2-3-16/h4-7,16-17H,2-3,8-15H2,1H3. The van der Waals surface area contributed by atoms with Crippen LogP contribution in [0.3, 0.4) is 0 Å². The van der Waals surface area contributed by atoms with Gasteiger partial charge in [0.05, 0.1) is 25.0 Å². The van der Waals surface area contributed by atoms with Gasteiger partial charge in [-0.25, -0.2) is 0 Å². The number of carbonyl (C=O) groups is 1. The van der Waals surface area contributed by atoms with Gasteiger partial charge in [0, 0.05) is 26.1 Å². The number of nitrogens with zero attached hydrogens (tertiary/aromatic N) is 3. The Hall–Kier alpha value is -2.41. The van der Waals surface area contributed by atoms with Crippen molar-refractivity contribution in [1.82, 2.24) is 15.0 Å². The van der Waals surface area contributed by atoms with Gasteiger partial charge < -0.3 is 18.9 Å². The molecular formula is C23H29N3O4. The van der Waals surface area contributed by atoms with E-state index >= 15 is 0 Å². The topological polar surface area (TPSA) is 77.7 Å². The molecular weight excluding hydrogens is 382 g/mol. The van der Waals surface area contributed by atoms with Crippen molar-refractivity contribution in [3.8, 4) is 5.75 Å². The predicted molar refractivity (Wildman–Crippen MR) is 109 cm³/mol. The van der Waals surface area contributed by atoms with Crippen LogP contribution in [-0.4, -0.2) is 54.4 Å². The molecule has 0 N–H and O–H groups in total. The second kappa shape index (κ2) is 8.02. The molecule has 3 aliphatic rings. The lowest BCUT2D eigenvalue weighted by Gasteiger charge is -2.23. The number of rotatable bonds is 9. The van der Waals surface area contributed by atoms with Crippen molar-refractivity contribution >= 4 is 5.91 Å². The van der Waals surface area contributed by atoms with E-state index in [1.807, 2.05) is 29.2 Å². The molecule has 1 atom stereocenters. The Balaban J connectivity index is 1.17. The van der Waals surface area contributed by atoms with Crippen molar-refractivity contribution in [1.29, 1.82) is 0 Å². The molecule has 0 spiro atoms. The quantitative estimate of drug-likeness (QED) is 0.590. The predicted octanol–water partition coefficient (Wildman–Crippen LogP) is 3.10. The summed E-state index contributed by atoms with van der Waals surface area (Å²) in [7, 11) is 1.65. The lowest BCUT2D eigenvalue weighted by atomic mass is 9.94. The molecule has 2 saturated carbocycles. The zero-order valence-electron chi connectivity index (χ0n) is 17.5. The highest BCUT2D eigenvalue weighted by Crippen LogP contribution is 2.50. The highest BCUT2D eigenvalue weighted by molar-refractivity contribution is 5.91. The minimum atomic E-state index is -0.361. The summed E-state index contributed by atoms with van der Waals surface area (Å²) in [6, 6.07) is 7.91. The fraction of sp³-hybridized carbons (Fsp3) is 0.609. The first-order chi connectivity index (χ1) is 14.7. The maximum atomic E-state index is 13.3. The summed E-state index contributed by atoms with van der Waals surface area (Å²) in [6.45, 7) is 2.87. The molecule has 1 amide bonds. The maximum absolute atomic E-state index is 13.3. The van der Waals surface area contributed by atoms with E-state index < -0.39 is 0 Å². The Bertz CT molecular complexity index is 886. The van der Waals surface area contributed by atoms with Gasteiger partial charge in [0.1, 0.15) is 5.75 Å². The third-order valence-corrected chi connectivity index (χ3v) is 6.63. The van der Waals surface area contributed by atoms with Crippen LogP contribution in [0.1, 0.15) is 55.3 Å². The molecule has 1 aromatic heterocycles. The molecule has 2 aliphatic carbocycles. The summed E-state index contributed by atoms with van der Waals surface area (Å²) >= 11 is 0. The number of amides is 1. The van der Waals surface area contributed by atoms with Crippen molar-refractivity contribution in [2.24, 2.45) is 5.92 Å². The fourth-order valence-electron chi connectivity index (χ4n) is 4.34. The molecule has 1 aromatic carbocycles. The average Bonchev–Trinajstić information content (AvgIpc) is 3.67. The van der Waals surface area contributed by atoms with Crippen LogP contribution in [0.5, 0.6) is 5.75 Å². The Morgan fingerprint density at radius 3 is 2.73 bits per heavy atom. The van der Waals surface area contributed by atoms with Gasteiger partial charge in [-0.3, -0.25) is 4.79 Å². The first kappa shape index (κ1) is 19.5. The molecule has 7 nitrogen and oxygen atoms in total. The molecule has 1 unspecified atom stereocenters. The number of benzene rings is 1. The molecule has 30 heavy (non-hydrogen) atoms. The molecule has 160 valence electrons. The van der Waals surface area contributed by atoms with Crippen molar-refractivity contribution in [2.45, 2.75) is 49.9 Å². The smallest absolute Gasteiger partial charge is 0.233 e. The van der Waals surface area contributed by atoms with Gasteiger partial charge in [0.25, 0.3) is 0 Å². The first-order valence-corrected chi connectivity index (χ1v) is 11.0. The van der Waals surface area contributed by atoms with E-state index in [-0.39, 0.29) is 17.2 Å². The van der Waals surface area contributed by atoms with Crippen molar-refractivity contribution in [3.05, 3.63) is 41.5 Å². The fourth-order valence-corrected chi connectivity index (χ4v) is 4.34. The number of carbonyl (C=O) groups excluding carboxylic acids is 1. The van der Waals surface area contributed by atoms with Crippen LogP contribution in [-0.2, 0) is 21.4 Å². The molecule has 2 heterocycles. The van der Waals surface area contributed by atoms with Gasteiger partial charge in [0.15, 0.2) is 5.82 Å². The number of hydrogen-bond acceptors (Lipinski definition) is 6. The molecule has 0 radical (unpaired) electrons. The SMILES string of the molecule is COc1ccc(C2(C(=O)N3CCC(c4nc(CCOCC5CC5)no4)C3)CC2)cc1. The van der Waals surface area contributed by atoms with Gasteiger partial charge in [-0.2, -0.15) is 4.98 Å². The molecule has 1 saturated heterocycles. The zero-order valence-corrected chi connectivity index (χ0v) is 17.5. The Morgan fingerprint density at radius 2 is 2.03 bits per heavy atom. The minimum absolute atomic E-state index is 0.120. The van der Waals surface area contributed by atoms with Crippen molar-refractivity contribution in [3.63, 3.8) is 0 Å². The Morgan fingerprint density at radius 1 is 1.23 bits per heavy atom. The number of likely N-dealkylation sites (tertiary alicyclic amines) is 1. The van der Waals surface area contributed by atoms with Gasteiger partial charge in [0.2, 0.25) is 11.8 Å². The Labute approximate surface area is 176 Å². The second-order valence-electron chi connectivity index (χ2n) is 8.86. The molecule has 5 rings (SSSR count). The van der Waals surface area contributed by atoms with Crippen LogP contribution >= 0.6 is 0 Å². The van der Waals surface area contributed by atoms with Crippen molar-refractivity contribution in [2.75, 3.05) is 33.4 Å². The van der Waals surface area contributed by atoms with E-state index in [1.165, 1.54) is 12.8 Å². The van der Waals surface area contributed by atoms with Crippen LogP contribution in [0.15, 0.2) is 28.8 Å². The molecule has 3 fully saturated rings. The lowest BCUT2D eigenvalue weighted by Crippen LogP contribution is -2.37. The number of ether oxygens (including phenoxy) is 2. The summed E-state index contributed by atoms with van der Waals surface area (Å²) in [5.41, 5.74) is 0.725. The van der Waals surface area contributed by atoms with Gasteiger partial charge in [-0.1, -0.05) is 17.3 Å². The highest BCUT2D eigenvalue weighted by atomic mass is 16.5. The Kier molecular flexibility index (Phi) is 5.23. The molecule has 1 aliphatic heterocycles. The normalized spacial score (nSPS) is 22.3. The summed E-state index contributed by atoms with van der Waals surface area (Å²) in [6.07, 6.45) is 5.94. The highest BCUT2D eigenvalue weighted by Gasteiger charge is 2.54. The van der Waals surface area contributed by atoms with E-state index in [9.17, 15) is 4.79 Å². The molecule has 0 bridgehead atoms. The van der Waals surface area contributed by atoms with E-state index in [2.05, 4.69) is 10.1 Å². The molecule has 7 heteroatoms. The van der Waals surface area contributed by atoms with Crippen LogP contribution in [0.25, 0.3) is 0 Å². The summed E-state index contributed by atoms with van der Waals surface area (Å²) in [4.78, 5) is 19.9. The van der Waals surface area contributed by atoms with Gasteiger partial charge in [-0.15, -0.1) is 0 Å². The van der Waals surface area contributed by atoms with E-state index in [0.29, 0.717) is 31.3 Å². The van der Waals surface area contributed by atoms with E-state index in [1.54, 1.807) is 7.11 Å². The number of aromatic nitrogens is 2. The molecule has 2 aromatic rings. The summed E-state index contributed by atoms with van der Waals surface area (Å²) < 4.78 is 16.4. The van der Waals surface area contributed by atoms with Gasteiger partial charge in [-0.05, 0) is 55.7 Å². The second-order valence-corrected chi connectivity index (χ2v) is 8.86. The summed E-state index contributed by atoms with van der Waals surface area (Å²) in [5, 5.41) is 4.11. The third kappa shape index (κ3) is 3.95. The van der Waals surface area contributed by atoms with Crippen LogP contribution < -0.4 is 4.74 Å². The van der Waals surface area contributed by atoms with E-state index in [0.717, 1.165) is 49.6 Å². The number of hydrogen-bond donors (Lipinski definition) is 0. The van der Waals surface area contributed by atoms with Crippen LogP contribution in [0, 0.1) is 5.92 Å². The average molecular weight is 412 g/mol. The van der Waals surface area contributed by atoms with Crippen LogP contribution in [0.4, 0.5) is 0 Å². The monoisotopic (exact) mass is 411 g/mol. The largest absolute Gasteiger partial charge is 0.497 e. The first-order valence-electron chi connectivity index (χ1n) is 11.0. The lowest BCUT2D eigenvalue weighted by molar-refractivity contribution is -0.132. The minimum Gasteiger partial charge on any atom is -0.497 e. The van der Waals surface area contributed by atoms with Crippen LogP contribution in [0.2, 0.25) is 0 Å². The van der Waals surface area contributed by atoms with Crippen molar-refractivity contribution < 1.29 is 18.8 Å². The third-order valence-electron chi connectivity index (χ3n) is 6.63. The summed E-state index contributed by atoms with van der Waals surface area (Å²) in [5.74, 6) is 3.27. The zero-order chi connectivity index (χ0) is 20.6. The number of methoxy groups -OCH3 is 1.